The van der Waals surface area contributed by atoms with Gasteiger partial charge in [-0.15, -0.1) is 0 Å². The third-order valence-corrected chi connectivity index (χ3v) is 4.48. The zero-order chi connectivity index (χ0) is 21.5. The number of unbranched alkanes of at least 4 members (excludes halogenated alkanes) is 1. The first kappa shape index (κ1) is 26.2. The van der Waals surface area contributed by atoms with Crippen molar-refractivity contribution in [3.63, 3.8) is 0 Å². The van der Waals surface area contributed by atoms with Gasteiger partial charge in [0.25, 0.3) is 0 Å². The molecule has 1 rings (SSSR count). The fraction of sp³-hybridized carbons (Fsp3) is 0.550. The van der Waals surface area contributed by atoms with Gasteiger partial charge in [-0.25, -0.2) is 0 Å². The molecule has 0 radical (unpaired) electrons. The highest BCUT2D eigenvalue weighted by Crippen LogP contribution is 2.37. The van der Waals surface area contributed by atoms with Crippen LogP contribution in [0.15, 0.2) is 27.9 Å². The second-order valence-corrected chi connectivity index (χ2v) is 7.96. The Balaban J connectivity index is 2.32. The fourth-order valence-electron chi connectivity index (χ4n) is 2.15. The van der Waals surface area contributed by atoms with E-state index >= 15 is 0 Å². The van der Waals surface area contributed by atoms with Crippen molar-refractivity contribution in [2.75, 3.05) is 26.4 Å². The normalized spacial score (nSPS) is 12.1. The molecule has 0 aliphatic heterocycles. The second-order valence-electron chi connectivity index (χ2n) is 6.14. The molecular formula is C20H27Cl4NO4. The van der Waals surface area contributed by atoms with Crippen LogP contribution in [0, 0.1) is 0 Å². The van der Waals surface area contributed by atoms with E-state index in [0.29, 0.717) is 34.8 Å². The molecule has 164 valence electrons. The van der Waals surface area contributed by atoms with Crippen LogP contribution < -0.4 is 9.47 Å². The maximum atomic E-state index is 6.27. The Labute approximate surface area is 192 Å². The van der Waals surface area contributed by atoms with Crippen molar-refractivity contribution in [2.24, 2.45) is 5.16 Å². The molecule has 0 fully saturated rings. The molecule has 1 atom stereocenters. The van der Waals surface area contributed by atoms with Crippen LogP contribution in [0.2, 0.25) is 10.0 Å². The Morgan fingerprint density at radius 2 is 1.83 bits per heavy atom. The Morgan fingerprint density at radius 1 is 1.10 bits per heavy atom. The highest BCUT2D eigenvalue weighted by Gasteiger charge is 2.14. The number of rotatable bonds is 15. The summed E-state index contributed by atoms with van der Waals surface area (Å²) in [6.07, 6.45) is 6.74. The van der Waals surface area contributed by atoms with Crippen LogP contribution in [0.25, 0.3) is 0 Å². The third-order valence-electron chi connectivity index (χ3n) is 3.61. The molecule has 0 aliphatic carbocycles. The van der Waals surface area contributed by atoms with Crippen LogP contribution in [0.4, 0.5) is 0 Å². The molecule has 0 aromatic heterocycles. The van der Waals surface area contributed by atoms with Gasteiger partial charge in [-0.2, -0.15) is 0 Å². The highest BCUT2D eigenvalue weighted by molar-refractivity contribution is 6.55. The molecule has 5 nitrogen and oxygen atoms in total. The lowest BCUT2D eigenvalue weighted by Gasteiger charge is -2.17. The Bertz CT molecular complexity index is 628. The molecule has 0 saturated carbocycles. The smallest absolute Gasteiger partial charge is 0.157 e. The van der Waals surface area contributed by atoms with Gasteiger partial charge in [0.05, 0.1) is 29.0 Å². The number of benzene rings is 1. The van der Waals surface area contributed by atoms with Crippen LogP contribution in [0.3, 0.4) is 0 Å². The number of halogens is 4. The molecule has 29 heavy (non-hydrogen) atoms. The van der Waals surface area contributed by atoms with Gasteiger partial charge >= 0.3 is 0 Å². The van der Waals surface area contributed by atoms with Crippen LogP contribution in [0.1, 0.15) is 39.5 Å². The second kappa shape index (κ2) is 15.9. The highest BCUT2D eigenvalue weighted by atomic mass is 35.5. The van der Waals surface area contributed by atoms with E-state index in [0.717, 1.165) is 32.3 Å². The molecule has 0 saturated heterocycles. The van der Waals surface area contributed by atoms with Crippen molar-refractivity contribution in [2.45, 2.75) is 45.6 Å². The standard InChI is InChI=1S/C20H27Cl4NO4/c1-3-4-9-26-12-8-25-28-10-5-6-15(2)29-20-17(21)13-16(14-18(20)22)27-11-7-19(23)24/h7-8,13-15H,3-6,9-12H2,1-2H3. The topological polar surface area (TPSA) is 49.3 Å². The minimum absolute atomic E-state index is 0.0975. The number of hydrogen-bond donors (Lipinski definition) is 0. The molecule has 9 heteroatoms. The molecule has 1 aromatic carbocycles. The van der Waals surface area contributed by atoms with Crippen molar-refractivity contribution < 1.29 is 19.0 Å². The zero-order valence-electron chi connectivity index (χ0n) is 16.6. The number of oxime groups is 1. The molecule has 1 unspecified atom stereocenters. The summed E-state index contributed by atoms with van der Waals surface area (Å²) in [5.74, 6) is 0.915. The Hall–Kier alpha value is -0.850. The van der Waals surface area contributed by atoms with Crippen molar-refractivity contribution in [3.8, 4) is 11.5 Å². The Kier molecular flexibility index (Phi) is 14.4. The van der Waals surface area contributed by atoms with Gasteiger partial charge in [0.2, 0.25) is 0 Å². The molecule has 0 spiro atoms. The molecular weight excluding hydrogens is 460 g/mol. The fourth-order valence-corrected chi connectivity index (χ4v) is 2.83. The number of hydrogen-bond acceptors (Lipinski definition) is 5. The van der Waals surface area contributed by atoms with Gasteiger partial charge in [0.1, 0.15) is 23.5 Å². The first-order valence-corrected chi connectivity index (χ1v) is 11.0. The first-order chi connectivity index (χ1) is 13.9. The summed E-state index contributed by atoms with van der Waals surface area (Å²) in [6, 6.07) is 3.26. The predicted octanol–water partition coefficient (Wildman–Crippen LogP) is 7.06. The SMILES string of the molecule is CCCCOCC=NOCCCC(C)Oc1c(Cl)cc(OCC=C(Cl)Cl)cc1Cl. The van der Waals surface area contributed by atoms with Crippen molar-refractivity contribution in [1.82, 2.24) is 0 Å². The monoisotopic (exact) mass is 485 g/mol. The molecule has 0 N–H and O–H groups in total. The van der Waals surface area contributed by atoms with Gasteiger partial charge in [-0.1, -0.05) is 64.9 Å². The summed E-state index contributed by atoms with van der Waals surface area (Å²) in [7, 11) is 0. The molecule has 0 bridgehead atoms. The van der Waals surface area contributed by atoms with Crippen molar-refractivity contribution in [1.29, 1.82) is 0 Å². The van der Waals surface area contributed by atoms with Crippen LogP contribution in [-0.4, -0.2) is 38.7 Å². The van der Waals surface area contributed by atoms with E-state index in [1.807, 2.05) is 6.92 Å². The van der Waals surface area contributed by atoms with E-state index in [9.17, 15) is 0 Å². The minimum atomic E-state index is -0.0975. The van der Waals surface area contributed by atoms with Gasteiger partial charge in [0.15, 0.2) is 5.75 Å². The lowest BCUT2D eigenvalue weighted by molar-refractivity contribution is 0.120. The van der Waals surface area contributed by atoms with E-state index in [-0.39, 0.29) is 17.2 Å². The predicted molar refractivity (Wildman–Crippen MR) is 121 cm³/mol. The maximum Gasteiger partial charge on any atom is 0.157 e. The quantitative estimate of drug-likeness (QED) is 0.151. The molecule has 0 aliphatic rings. The summed E-state index contributed by atoms with van der Waals surface area (Å²) in [6.45, 7) is 5.97. The minimum Gasteiger partial charge on any atom is -0.489 e. The summed E-state index contributed by atoms with van der Waals surface area (Å²) < 4.78 is 16.8. The molecule has 0 amide bonds. The van der Waals surface area contributed by atoms with Crippen LogP contribution in [-0.2, 0) is 9.57 Å². The maximum absolute atomic E-state index is 6.27. The Morgan fingerprint density at radius 3 is 2.48 bits per heavy atom. The summed E-state index contributed by atoms with van der Waals surface area (Å²) >= 11 is 23.6. The van der Waals surface area contributed by atoms with Crippen LogP contribution in [0.5, 0.6) is 11.5 Å². The summed E-state index contributed by atoms with van der Waals surface area (Å²) in [5.41, 5.74) is 0. The van der Waals surface area contributed by atoms with Crippen molar-refractivity contribution in [3.05, 3.63) is 32.7 Å². The van der Waals surface area contributed by atoms with Gasteiger partial charge in [-0.3, -0.25) is 0 Å². The van der Waals surface area contributed by atoms with E-state index in [1.54, 1.807) is 18.3 Å². The van der Waals surface area contributed by atoms with Gasteiger partial charge < -0.3 is 19.0 Å². The average molecular weight is 487 g/mol. The third kappa shape index (κ3) is 12.4. The van der Waals surface area contributed by atoms with E-state index < -0.39 is 0 Å². The van der Waals surface area contributed by atoms with E-state index in [4.69, 9.17) is 65.5 Å². The molecule has 0 heterocycles. The van der Waals surface area contributed by atoms with Crippen molar-refractivity contribution >= 4 is 52.6 Å². The largest absolute Gasteiger partial charge is 0.489 e. The first-order valence-electron chi connectivity index (χ1n) is 9.45. The summed E-state index contributed by atoms with van der Waals surface area (Å²) in [5, 5.41) is 4.59. The lowest BCUT2D eigenvalue weighted by Crippen LogP contribution is -2.13. The average Bonchev–Trinajstić information content (AvgIpc) is 2.66. The summed E-state index contributed by atoms with van der Waals surface area (Å²) in [4.78, 5) is 5.20. The number of ether oxygens (including phenoxy) is 3. The number of nitrogens with zero attached hydrogens (tertiary/aromatic N) is 1. The van der Waals surface area contributed by atoms with Gasteiger partial charge in [-0.05, 0) is 32.3 Å². The zero-order valence-corrected chi connectivity index (χ0v) is 19.7. The van der Waals surface area contributed by atoms with Gasteiger partial charge in [0, 0.05) is 18.7 Å². The lowest BCUT2D eigenvalue weighted by atomic mass is 10.2. The molecule has 1 aromatic rings. The van der Waals surface area contributed by atoms with E-state index in [1.165, 1.54) is 6.08 Å². The van der Waals surface area contributed by atoms with E-state index in [2.05, 4.69) is 12.1 Å². The van der Waals surface area contributed by atoms with Crippen LogP contribution >= 0.6 is 46.4 Å².